The fraction of sp³-hybridized carbons (Fsp3) is 0.400. The Morgan fingerprint density at radius 3 is 2.59 bits per heavy atom. The van der Waals surface area contributed by atoms with Crippen molar-refractivity contribution in [2.75, 3.05) is 39.3 Å². The van der Waals surface area contributed by atoms with Gasteiger partial charge in [0.15, 0.2) is 0 Å². The zero-order chi connectivity index (χ0) is 19.1. The number of benzene rings is 1. The van der Waals surface area contributed by atoms with Gasteiger partial charge < -0.3 is 19.4 Å². The van der Waals surface area contributed by atoms with Gasteiger partial charge in [-0.15, -0.1) is 0 Å². The molecule has 1 N–H and O–H groups in total. The first-order chi connectivity index (χ1) is 13.2. The third kappa shape index (κ3) is 5.10. The molecular formula is C20H25N3O4. The molecule has 0 spiro atoms. The molecule has 1 aromatic heterocycles. The van der Waals surface area contributed by atoms with Gasteiger partial charge in [0.2, 0.25) is 5.91 Å². The minimum atomic E-state index is -0.0483. The van der Waals surface area contributed by atoms with Gasteiger partial charge in [-0.05, 0) is 31.2 Å². The van der Waals surface area contributed by atoms with Gasteiger partial charge in [-0.25, -0.2) is 0 Å². The van der Waals surface area contributed by atoms with E-state index in [4.69, 9.17) is 9.15 Å². The number of nitrogens with one attached hydrogen (secondary N) is 1. The highest BCUT2D eigenvalue weighted by molar-refractivity contribution is 5.97. The van der Waals surface area contributed by atoms with Crippen molar-refractivity contribution in [3.8, 4) is 5.75 Å². The van der Waals surface area contributed by atoms with E-state index in [0.717, 1.165) is 5.76 Å². The summed E-state index contributed by atoms with van der Waals surface area (Å²) in [4.78, 5) is 28.7. The predicted molar refractivity (Wildman–Crippen MR) is 101 cm³/mol. The lowest BCUT2D eigenvalue weighted by atomic mass is 10.1. The highest BCUT2D eigenvalue weighted by Gasteiger charge is 2.25. The molecule has 0 unspecified atom stereocenters. The van der Waals surface area contributed by atoms with Crippen molar-refractivity contribution in [2.45, 2.75) is 13.5 Å². The summed E-state index contributed by atoms with van der Waals surface area (Å²) < 4.78 is 10.8. The summed E-state index contributed by atoms with van der Waals surface area (Å²) >= 11 is 0. The second kappa shape index (κ2) is 9.23. The Morgan fingerprint density at radius 2 is 1.89 bits per heavy atom. The Labute approximate surface area is 158 Å². The molecule has 0 saturated carbocycles. The van der Waals surface area contributed by atoms with E-state index in [0.29, 0.717) is 57.2 Å². The zero-order valence-electron chi connectivity index (χ0n) is 15.5. The number of para-hydroxylation sites is 1. The molecule has 144 valence electrons. The van der Waals surface area contributed by atoms with Crippen LogP contribution in [-0.4, -0.2) is 60.9 Å². The molecular weight excluding hydrogens is 346 g/mol. The molecule has 7 nitrogen and oxygen atoms in total. The molecule has 2 aromatic rings. The summed E-state index contributed by atoms with van der Waals surface area (Å²) in [6.07, 6.45) is 1.58. The lowest BCUT2D eigenvalue weighted by Gasteiger charge is -2.34. The monoisotopic (exact) mass is 371 g/mol. The minimum absolute atomic E-state index is 0.0269. The molecule has 0 atom stereocenters. The molecule has 1 aliphatic heterocycles. The van der Waals surface area contributed by atoms with E-state index in [-0.39, 0.29) is 11.8 Å². The van der Waals surface area contributed by atoms with Crippen molar-refractivity contribution in [3.63, 3.8) is 0 Å². The molecule has 2 heterocycles. The largest absolute Gasteiger partial charge is 0.493 e. The van der Waals surface area contributed by atoms with E-state index in [1.54, 1.807) is 18.4 Å². The van der Waals surface area contributed by atoms with Crippen LogP contribution >= 0.6 is 0 Å². The second-order valence-electron chi connectivity index (χ2n) is 6.35. The van der Waals surface area contributed by atoms with Gasteiger partial charge >= 0.3 is 0 Å². The van der Waals surface area contributed by atoms with Gasteiger partial charge in [-0.3, -0.25) is 14.5 Å². The van der Waals surface area contributed by atoms with Crippen molar-refractivity contribution >= 4 is 11.8 Å². The average molecular weight is 371 g/mol. The van der Waals surface area contributed by atoms with Crippen LogP contribution in [0.15, 0.2) is 47.1 Å². The average Bonchev–Trinajstić information content (AvgIpc) is 3.21. The fourth-order valence-electron chi connectivity index (χ4n) is 3.06. The third-order valence-electron chi connectivity index (χ3n) is 4.48. The van der Waals surface area contributed by atoms with Gasteiger partial charge in [-0.2, -0.15) is 0 Å². The van der Waals surface area contributed by atoms with Gasteiger partial charge in [-0.1, -0.05) is 12.1 Å². The van der Waals surface area contributed by atoms with Crippen LogP contribution in [0.2, 0.25) is 0 Å². The predicted octanol–water partition coefficient (Wildman–Crippen LogP) is 1.75. The Bertz CT molecular complexity index is 752. The van der Waals surface area contributed by atoms with Crippen molar-refractivity contribution in [1.29, 1.82) is 0 Å². The maximum Gasteiger partial charge on any atom is 0.257 e. The van der Waals surface area contributed by atoms with Crippen molar-refractivity contribution in [1.82, 2.24) is 15.1 Å². The highest BCUT2D eigenvalue weighted by Crippen LogP contribution is 2.20. The van der Waals surface area contributed by atoms with E-state index in [1.807, 2.05) is 36.1 Å². The van der Waals surface area contributed by atoms with Crippen molar-refractivity contribution < 1.29 is 18.7 Å². The van der Waals surface area contributed by atoms with Crippen LogP contribution in [-0.2, 0) is 11.3 Å². The molecule has 1 aliphatic rings. The lowest BCUT2D eigenvalue weighted by molar-refractivity contribution is -0.122. The van der Waals surface area contributed by atoms with Crippen molar-refractivity contribution in [3.05, 3.63) is 54.0 Å². The summed E-state index contributed by atoms with van der Waals surface area (Å²) in [5, 5.41) is 2.84. The molecule has 27 heavy (non-hydrogen) atoms. The molecule has 3 rings (SSSR count). The number of carbonyl (C=O) groups is 2. The van der Waals surface area contributed by atoms with Crippen LogP contribution in [0.4, 0.5) is 0 Å². The van der Waals surface area contributed by atoms with Gasteiger partial charge in [0, 0.05) is 26.2 Å². The quantitative estimate of drug-likeness (QED) is 0.803. The third-order valence-corrected chi connectivity index (χ3v) is 4.48. The Morgan fingerprint density at radius 1 is 1.11 bits per heavy atom. The van der Waals surface area contributed by atoms with Gasteiger partial charge in [0.1, 0.15) is 11.5 Å². The van der Waals surface area contributed by atoms with E-state index in [9.17, 15) is 9.59 Å². The number of nitrogens with zero attached hydrogens (tertiary/aromatic N) is 2. The molecule has 1 saturated heterocycles. The molecule has 0 radical (unpaired) electrons. The smallest absolute Gasteiger partial charge is 0.257 e. The number of ether oxygens (including phenoxy) is 1. The van der Waals surface area contributed by atoms with Crippen LogP contribution in [0.25, 0.3) is 0 Å². The van der Waals surface area contributed by atoms with Crippen LogP contribution in [0.5, 0.6) is 5.75 Å². The normalized spacial score (nSPS) is 14.8. The Kier molecular flexibility index (Phi) is 6.49. The van der Waals surface area contributed by atoms with Crippen LogP contribution in [0.3, 0.4) is 0 Å². The summed E-state index contributed by atoms with van der Waals surface area (Å²) in [5.74, 6) is 1.27. The van der Waals surface area contributed by atoms with E-state index >= 15 is 0 Å². The van der Waals surface area contributed by atoms with E-state index in [2.05, 4.69) is 10.2 Å². The van der Waals surface area contributed by atoms with Gasteiger partial charge in [0.05, 0.1) is 31.5 Å². The second-order valence-corrected chi connectivity index (χ2v) is 6.35. The standard InChI is InChI=1S/C20H25N3O4/c1-2-26-18-8-4-3-7-17(18)20(25)23-11-9-22(10-12-23)15-19(24)21-14-16-6-5-13-27-16/h3-8,13H,2,9-12,14-15H2,1H3,(H,21,24). The highest BCUT2D eigenvalue weighted by atomic mass is 16.5. The number of piperazine rings is 1. The number of hydrogen-bond acceptors (Lipinski definition) is 5. The number of hydrogen-bond donors (Lipinski definition) is 1. The maximum absolute atomic E-state index is 12.8. The number of furan rings is 1. The van der Waals surface area contributed by atoms with Gasteiger partial charge in [0.25, 0.3) is 5.91 Å². The zero-order valence-corrected chi connectivity index (χ0v) is 15.5. The van der Waals surface area contributed by atoms with Crippen LogP contribution < -0.4 is 10.1 Å². The Balaban J connectivity index is 1.47. The number of rotatable bonds is 7. The molecule has 0 aliphatic carbocycles. The molecule has 1 aromatic carbocycles. The number of amides is 2. The summed E-state index contributed by atoms with van der Waals surface area (Å²) in [6.45, 7) is 5.63. The topological polar surface area (TPSA) is 75.0 Å². The Hall–Kier alpha value is -2.80. The summed E-state index contributed by atoms with van der Waals surface area (Å²) in [6, 6.07) is 10.9. The van der Waals surface area contributed by atoms with Crippen LogP contribution in [0.1, 0.15) is 23.0 Å². The SMILES string of the molecule is CCOc1ccccc1C(=O)N1CCN(CC(=O)NCc2ccco2)CC1. The first kappa shape index (κ1) is 19.0. The van der Waals surface area contributed by atoms with Crippen molar-refractivity contribution in [2.24, 2.45) is 0 Å². The molecule has 1 fully saturated rings. The molecule has 7 heteroatoms. The summed E-state index contributed by atoms with van der Waals surface area (Å²) in [7, 11) is 0. The first-order valence-corrected chi connectivity index (χ1v) is 9.20. The first-order valence-electron chi connectivity index (χ1n) is 9.20. The molecule has 2 amide bonds. The fourth-order valence-corrected chi connectivity index (χ4v) is 3.06. The maximum atomic E-state index is 12.8. The lowest BCUT2D eigenvalue weighted by Crippen LogP contribution is -2.51. The minimum Gasteiger partial charge on any atom is -0.493 e. The number of carbonyl (C=O) groups excluding carboxylic acids is 2. The van der Waals surface area contributed by atoms with E-state index < -0.39 is 0 Å². The van der Waals surface area contributed by atoms with E-state index in [1.165, 1.54) is 0 Å². The summed E-state index contributed by atoms with van der Waals surface area (Å²) in [5.41, 5.74) is 0.587. The molecule has 0 bridgehead atoms. The van der Waals surface area contributed by atoms with Crippen LogP contribution in [0, 0.1) is 0 Å².